The second-order valence-electron chi connectivity index (χ2n) is 4.17. The normalized spacial score (nSPS) is 10.1. The average Bonchev–Trinajstić information content (AvgIpc) is 2.34. The van der Waals surface area contributed by atoms with Crippen molar-refractivity contribution < 1.29 is 5.11 Å². The molecule has 0 saturated heterocycles. The molecule has 0 atom stereocenters. The van der Waals surface area contributed by atoms with Crippen molar-refractivity contribution in [2.75, 3.05) is 18.5 Å². The third-order valence-corrected chi connectivity index (χ3v) is 2.90. The molecule has 5 heteroatoms. The van der Waals surface area contributed by atoms with Gasteiger partial charge in [-0.25, -0.2) is 0 Å². The highest BCUT2D eigenvalue weighted by molar-refractivity contribution is 5.53. The van der Waals surface area contributed by atoms with Crippen LogP contribution < -0.4 is 10.9 Å². The maximum atomic E-state index is 11.7. The predicted molar refractivity (Wildman–Crippen MR) is 70.7 cm³/mol. The van der Waals surface area contributed by atoms with Crippen molar-refractivity contribution in [1.29, 1.82) is 5.26 Å². The molecule has 0 amide bonds. The fraction of sp³-hybridized carbons (Fsp3) is 0.538. The Bertz CT molecular complexity index is 500. The van der Waals surface area contributed by atoms with Gasteiger partial charge in [-0.2, -0.15) is 5.26 Å². The van der Waals surface area contributed by atoms with E-state index in [9.17, 15) is 4.79 Å². The van der Waals surface area contributed by atoms with Gasteiger partial charge in [0.2, 0.25) is 0 Å². The van der Waals surface area contributed by atoms with Crippen molar-refractivity contribution in [3.63, 3.8) is 0 Å². The van der Waals surface area contributed by atoms with Crippen LogP contribution in [-0.4, -0.2) is 23.2 Å². The van der Waals surface area contributed by atoms with Crippen molar-refractivity contribution in [1.82, 2.24) is 4.98 Å². The van der Waals surface area contributed by atoms with Crippen LogP contribution in [0.5, 0.6) is 0 Å². The first kappa shape index (κ1) is 14.3. The quantitative estimate of drug-likeness (QED) is 0.663. The summed E-state index contributed by atoms with van der Waals surface area (Å²) in [4.78, 5) is 14.4. The lowest BCUT2D eigenvalue weighted by atomic mass is 10.0. The summed E-state index contributed by atoms with van der Waals surface area (Å²) < 4.78 is 0. The van der Waals surface area contributed by atoms with Gasteiger partial charge in [-0.3, -0.25) is 4.79 Å². The topological polar surface area (TPSA) is 88.9 Å². The Morgan fingerprint density at radius 3 is 2.78 bits per heavy atom. The van der Waals surface area contributed by atoms with E-state index in [0.717, 1.165) is 24.9 Å². The van der Waals surface area contributed by atoms with Crippen molar-refractivity contribution in [2.45, 2.75) is 33.1 Å². The minimum atomic E-state index is -0.379. The highest BCUT2D eigenvalue weighted by Gasteiger charge is 2.13. The number of anilines is 1. The molecule has 1 aromatic rings. The first-order valence-corrected chi connectivity index (χ1v) is 6.16. The van der Waals surface area contributed by atoms with E-state index < -0.39 is 0 Å². The molecular weight excluding hydrogens is 230 g/mol. The van der Waals surface area contributed by atoms with E-state index in [4.69, 9.17) is 10.4 Å². The first-order valence-electron chi connectivity index (χ1n) is 6.16. The lowest BCUT2D eigenvalue weighted by molar-refractivity contribution is 0.299. The van der Waals surface area contributed by atoms with E-state index >= 15 is 0 Å². The number of hydrogen-bond donors (Lipinski definition) is 3. The zero-order valence-electron chi connectivity index (χ0n) is 10.8. The number of rotatable bonds is 6. The molecule has 0 aromatic carbocycles. The number of unbranched alkanes of at least 4 members (excludes halogenated alkanes) is 1. The minimum absolute atomic E-state index is 0.0137. The molecule has 5 nitrogen and oxygen atoms in total. The maximum Gasteiger partial charge on any atom is 0.267 e. The highest BCUT2D eigenvalue weighted by atomic mass is 16.3. The summed E-state index contributed by atoms with van der Waals surface area (Å²) in [5.41, 5.74) is 1.20. The largest absolute Gasteiger partial charge is 0.396 e. The molecule has 0 fully saturated rings. The van der Waals surface area contributed by atoms with Crippen molar-refractivity contribution >= 4 is 5.82 Å². The molecule has 1 heterocycles. The van der Waals surface area contributed by atoms with Gasteiger partial charge in [-0.1, -0.05) is 13.3 Å². The Morgan fingerprint density at radius 2 is 2.22 bits per heavy atom. The fourth-order valence-electron chi connectivity index (χ4n) is 1.86. The van der Waals surface area contributed by atoms with Gasteiger partial charge in [0, 0.05) is 13.2 Å². The number of nitrogens with one attached hydrogen (secondary N) is 2. The smallest absolute Gasteiger partial charge is 0.267 e. The Morgan fingerprint density at radius 1 is 1.50 bits per heavy atom. The van der Waals surface area contributed by atoms with Crippen LogP contribution in [0.25, 0.3) is 0 Å². The number of hydrogen-bond acceptors (Lipinski definition) is 4. The van der Waals surface area contributed by atoms with E-state index in [1.807, 2.05) is 6.07 Å². The van der Waals surface area contributed by atoms with E-state index in [0.29, 0.717) is 17.8 Å². The van der Waals surface area contributed by atoms with E-state index in [-0.39, 0.29) is 17.7 Å². The number of aromatic amines is 1. The van der Waals surface area contributed by atoms with Gasteiger partial charge in [0.15, 0.2) is 0 Å². The molecule has 98 valence electrons. The summed E-state index contributed by atoms with van der Waals surface area (Å²) in [6.45, 7) is 4.57. The summed E-state index contributed by atoms with van der Waals surface area (Å²) in [5.74, 6) is 0.624. The first-order chi connectivity index (χ1) is 8.65. The van der Waals surface area contributed by atoms with Gasteiger partial charge in [0.05, 0.1) is 0 Å². The van der Waals surface area contributed by atoms with E-state index in [2.05, 4.69) is 17.2 Å². The molecule has 1 aromatic heterocycles. The van der Waals surface area contributed by atoms with Crippen molar-refractivity contribution in [3.8, 4) is 6.07 Å². The lowest BCUT2D eigenvalue weighted by Gasteiger charge is -2.14. The van der Waals surface area contributed by atoms with Gasteiger partial charge >= 0.3 is 0 Å². The third kappa shape index (κ3) is 3.11. The predicted octanol–water partition coefficient (Wildman–Crippen LogP) is 1.30. The fourth-order valence-corrected chi connectivity index (χ4v) is 1.86. The molecule has 1 rings (SSSR count). The molecule has 0 unspecified atom stereocenters. The standard InChI is InChI=1S/C13H19N3O2/c1-3-4-6-15-12-10(5-7-17)9(2)11(8-14)13(18)16-12/h17H,3-7H2,1-2H3,(H2,15,16,18). The summed E-state index contributed by atoms with van der Waals surface area (Å²) in [5, 5.41) is 21.2. The van der Waals surface area contributed by atoms with Crippen LogP contribution in [0.3, 0.4) is 0 Å². The van der Waals surface area contributed by atoms with Crippen molar-refractivity contribution in [2.24, 2.45) is 0 Å². The van der Waals surface area contributed by atoms with E-state index in [1.54, 1.807) is 6.92 Å². The minimum Gasteiger partial charge on any atom is -0.396 e. The molecule has 0 aliphatic rings. The molecule has 0 radical (unpaired) electrons. The number of pyridine rings is 1. The van der Waals surface area contributed by atoms with Crippen LogP contribution in [0.1, 0.15) is 36.5 Å². The summed E-state index contributed by atoms with van der Waals surface area (Å²) in [7, 11) is 0. The molecule has 18 heavy (non-hydrogen) atoms. The number of nitrogens with zero attached hydrogens (tertiary/aromatic N) is 1. The van der Waals surface area contributed by atoms with Crippen LogP contribution >= 0.6 is 0 Å². The SMILES string of the molecule is CCCCNc1[nH]c(=O)c(C#N)c(C)c1CCO. The lowest BCUT2D eigenvalue weighted by Crippen LogP contribution is -2.19. The second-order valence-corrected chi connectivity index (χ2v) is 4.17. The van der Waals surface area contributed by atoms with Gasteiger partial charge in [0.1, 0.15) is 17.5 Å². The van der Waals surface area contributed by atoms with Crippen LogP contribution in [0, 0.1) is 18.3 Å². The van der Waals surface area contributed by atoms with Crippen LogP contribution in [0.2, 0.25) is 0 Å². The number of aliphatic hydroxyl groups is 1. The Hall–Kier alpha value is -1.80. The number of nitriles is 1. The molecule has 0 bridgehead atoms. The number of H-pyrrole nitrogens is 1. The molecule has 0 spiro atoms. The Balaban J connectivity index is 3.16. The zero-order chi connectivity index (χ0) is 13.5. The van der Waals surface area contributed by atoms with Gasteiger partial charge in [0.25, 0.3) is 5.56 Å². The van der Waals surface area contributed by atoms with Gasteiger partial charge in [-0.15, -0.1) is 0 Å². The summed E-state index contributed by atoms with van der Waals surface area (Å²) >= 11 is 0. The summed E-state index contributed by atoms with van der Waals surface area (Å²) in [6.07, 6.45) is 2.48. The van der Waals surface area contributed by atoms with Crippen LogP contribution in [0.15, 0.2) is 4.79 Å². The second kappa shape index (κ2) is 6.82. The van der Waals surface area contributed by atoms with Gasteiger partial charge < -0.3 is 15.4 Å². The zero-order valence-corrected chi connectivity index (χ0v) is 10.8. The molecule has 0 aliphatic heterocycles. The number of aromatic nitrogens is 1. The molecule has 3 N–H and O–H groups in total. The monoisotopic (exact) mass is 249 g/mol. The van der Waals surface area contributed by atoms with Crippen molar-refractivity contribution in [3.05, 3.63) is 27.0 Å². The number of aliphatic hydroxyl groups excluding tert-OH is 1. The third-order valence-electron chi connectivity index (χ3n) is 2.90. The van der Waals surface area contributed by atoms with Gasteiger partial charge in [-0.05, 0) is 30.9 Å². The molecule has 0 aliphatic carbocycles. The Kier molecular flexibility index (Phi) is 5.40. The Labute approximate surface area is 106 Å². The highest BCUT2D eigenvalue weighted by Crippen LogP contribution is 2.18. The maximum absolute atomic E-state index is 11.7. The average molecular weight is 249 g/mol. The van der Waals surface area contributed by atoms with Crippen LogP contribution in [0.4, 0.5) is 5.82 Å². The summed E-state index contributed by atoms with van der Waals surface area (Å²) in [6, 6.07) is 1.90. The molecular formula is C13H19N3O2. The molecule has 0 saturated carbocycles. The van der Waals surface area contributed by atoms with Crippen LogP contribution in [-0.2, 0) is 6.42 Å². The van der Waals surface area contributed by atoms with E-state index in [1.165, 1.54) is 0 Å².